The van der Waals surface area contributed by atoms with Crippen molar-refractivity contribution in [3.8, 4) is 0 Å². The van der Waals surface area contributed by atoms with Gasteiger partial charge in [0.25, 0.3) is 0 Å². The highest BCUT2D eigenvalue weighted by Crippen LogP contribution is 2.29. The Morgan fingerprint density at radius 1 is 1.60 bits per heavy atom. The molecule has 1 rings (SSSR count). The molecule has 0 fully saturated rings. The van der Waals surface area contributed by atoms with E-state index in [0.717, 1.165) is 11.3 Å². The third-order valence-electron chi connectivity index (χ3n) is 1.89. The quantitative estimate of drug-likeness (QED) is 0.546. The van der Waals surface area contributed by atoms with E-state index in [1.54, 1.807) is 6.92 Å². The van der Waals surface area contributed by atoms with Crippen molar-refractivity contribution in [2.45, 2.75) is 25.6 Å². The number of nitrogens with zero attached hydrogens (tertiary/aromatic N) is 1. The lowest BCUT2D eigenvalue weighted by atomic mass is 10.1. The second-order valence-electron chi connectivity index (χ2n) is 3.18. The SMILES string of the molecule is Cc1nc(N)sc1C(O)C(O)CC(N)=O. The molecule has 0 aromatic carbocycles. The lowest BCUT2D eigenvalue weighted by Gasteiger charge is -2.15. The van der Waals surface area contributed by atoms with Crippen LogP contribution < -0.4 is 11.5 Å². The average molecular weight is 231 g/mol. The van der Waals surface area contributed by atoms with Crippen LogP contribution in [0.4, 0.5) is 5.13 Å². The van der Waals surface area contributed by atoms with Crippen LogP contribution in [0.25, 0.3) is 0 Å². The van der Waals surface area contributed by atoms with Crippen LogP contribution in [-0.2, 0) is 4.79 Å². The Bertz CT molecular complexity index is 366. The van der Waals surface area contributed by atoms with Crippen LogP contribution in [0.1, 0.15) is 23.1 Å². The van der Waals surface area contributed by atoms with Crippen LogP contribution in [0.5, 0.6) is 0 Å². The summed E-state index contributed by atoms with van der Waals surface area (Å²) in [6, 6.07) is 0. The first kappa shape index (κ1) is 11.9. The van der Waals surface area contributed by atoms with Crippen molar-refractivity contribution in [1.82, 2.24) is 4.98 Å². The maximum atomic E-state index is 10.5. The summed E-state index contributed by atoms with van der Waals surface area (Å²) in [6.45, 7) is 1.67. The molecule has 0 aliphatic rings. The summed E-state index contributed by atoms with van der Waals surface area (Å²) in [7, 11) is 0. The maximum absolute atomic E-state index is 10.5. The fraction of sp³-hybridized carbons (Fsp3) is 0.500. The molecule has 0 aliphatic heterocycles. The molecule has 0 radical (unpaired) electrons. The monoisotopic (exact) mass is 231 g/mol. The van der Waals surface area contributed by atoms with Gasteiger partial charge in [0, 0.05) is 0 Å². The van der Waals surface area contributed by atoms with Gasteiger partial charge in [0.1, 0.15) is 6.10 Å². The minimum atomic E-state index is -1.22. The molecule has 2 unspecified atom stereocenters. The van der Waals surface area contributed by atoms with Gasteiger partial charge in [0.15, 0.2) is 5.13 Å². The van der Waals surface area contributed by atoms with E-state index >= 15 is 0 Å². The second-order valence-corrected chi connectivity index (χ2v) is 4.25. The predicted octanol–water partition coefficient (Wildman–Crippen LogP) is -0.697. The third-order valence-corrected chi connectivity index (χ3v) is 2.95. The van der Waals surface area contributed by atoms with Crippen molar-refractivity contribution < 1.29 is 15.0 Å². The van der Waals surface area contributed by atoms with Gasteiger partial charge in [0.2, 0.25) is 5.91 Å². The Morgan fingerprint density at radius 2 is 2.20 bits per heavy atom. The first-order chi connectivity index (χ1) is 6.91. The second kappa shape index (κ2) is 4.56. The summed E-state index contributed by atoms with van der Waals surface area (Å²) < 4.78 is 0. The highest BCUT2D eigenvalue weighted by atomic mass is 32.1. The van der Waals surface area contributed by atoms with Crippen LogP contribution in [0, 0.1) is 6.92 Å². The van der Waals surface area contributed by atoms with E-state index in [4.69, 9.17) is 11.5 Å². The Labute approximate surface area is 90.5 Å². The van der Waals surface area contributed by atoms with Gasteiger partial charge in [0.05, 0.1) is 23.1 Å². The highest BCUT2D eigenvalue weighted by Gasteiger charge is 2.24. The summed E-state index contributed by atoms with van der Waals surface area (Å²) in [5, 5.41) is 19.5. The van der Waals surface area contributed by atoms with Crippen molar-refractivity contribution in [3.05, 3.63) is 10.6 Å². The van der Waals surface area contributed by atoms with Gasteiger partial charge < -0.3 is 21.7 Å². The third kappa shape index (κ3) is 2.88. The Kier molecular flexibility index (Phi) is 3.61. The van der Waals surface area contributed by atoms with Crippen molar-refractivity contribution in [2.24, 2.45) is 5.73 Å². The van der Waals surface area contributed by atoms with Gasteiger partial charge in [-0.15, -0.1) is 0 Å². The maximum Gasteiger partial charge on any atom is 0.220 e. The van der Waals surface area contributed by atoms with Crippen molar-refractivity contribution in [1.29, 1.82) is 0 Å². The smallest absolute Gasteiger partial charge is 0.220 e. The number of amides is 1. The molecule has 84 valence electrons. The summed E-state index contributed by atoms with van der Waals surface area (Å²) in [5.41, 5.74) is 10.9. The molecule has 6 N–H and O–H groups in total. The van der Waals surface area contributed by atoms with Gasteiger partial charge >= 0.3 is 0 Å². The van der Waals surface area contributed by atoms with E-state index in [1.807, 2.05) is 0 Å². The van der Waals surface area contributed by atoms with Gasteiger partial charge in [-0.2, -0.15) is 0 Å². The molecule has 1 heterocycles. The average Bonchev–Trinajstić information content (AvgIpc) is 2.42. The number of nitrogens with two attached hydrogens (primary N) is 2. The molecule has 0 bridgehead atoms. The van der Waals surface area contributed by atoms with E-state index < -0.39 is 18.1 Å². The van der Waals surface area contributed by atoms with Crippen LogP contribution in [0.2, 0.25) is 0 Å². The standard InChI is InChI=1S/C8H13N3O3S/c1-3-7(15-8(10)11-3)6(14)4(12)2-5(9)13/h4,6,12,14H,2H2,1H3,(H2,9,13)(H2,10,11). The lowest BCUT2D eigenvalue weighted by Crippen LogP contribution is -2.25. The number of aromatic nitrogens is 1. The van der Waals surface area contributed by atoms with Gasteiger partial charge in [-0.25, -0.2) is 4.98 Å². The molecule has 6 nitrogen and oxygen atoms in total. The van der Waals surface area contributed by atoms with E-state index in [0.29, 0.717) is 15.7 Å². The normalized spacial score (nSPS) is 14.9. The molecule has 2 atom stereocenters. The number of primary amides is 1. The molecular formula is C8H13N3O3S. The summed E-state index contributed by atoms with van der Waals surface area (Å²) >= 11 is 1.08. The first-order valence-electron chi connectivity index (χ1n) is 4.29. The van der Waals surface area contributed by atoms with Crippen molar-refractivity contribution in [2.75, 3.05) is 5.73 Å². The number of anilines is 1. The zero-order valence-corrected chi connectivity index (χ0v) is 8.99. The number of aliphatic hydroxyl groups is 2. The number of nitrogen functional groups attached to an aromatic ring is 1. The molecule has 0 spiro atoms. The summed E-state index contributed by atoms with van der Waals surface area (Å²) in [5.74, 6) is -0.670. The number of carbonyl (C=O) groups is 1. The molecule has 0 saturated heterocycles. The van der Waals surface area contributed by atoms with Crippen LogP contribution in [-0.4, -0.2) is 27.2 Å². The predicted molar refractivity (Wildman–Crippen MR) is 56.0 cm³/mol. The van der Waals surface area contributed by atoms with Crippen LogP contribution in [0.15, 0.2) is 0 Å². The zero-order valence-electron chi connectivity index (χ0n) is 8.17. The number of hydrogen-bond donors (Lipinski definition) is 4. The van der Waals surface area contributed by atoms with E-state index in [9.17, 15) is 15.0 Å². The van der Waals surface area contributed by atoms with E-state index in [-0.39, 0.29) is 6.42 Å². The number of aryl methyl sites for hydroxylation is 1. The zero-order chi connectivity index (χ0) is 11.6. The Morgan fingerprint density at radius 3 is 2.60 bits per heavy atom. The van der Waals surface area contributed by atoms with Gasteiger partial charge in [-0.05, 0) is 6.92 Å². The molecular weight excluding hydrogens is 218 g/mol. The molecule has 1 aromatic heterocycles. The molecule has 0 aliphatic carbocycles. The van der Waals surface area contributed by atoms with E-state index in [1.165, 1.54) is 0 Å². The largest absolute Gasteiger partial charge is 0.389 e. The molecule has 1 aromatic rings. The van der Waals surface area contributed by atoms with Gasteiger partial charge in [-0.3, -0.25) is 4.79 Å². The minimum absolute atomic E-state index is 0.293. The fourth-order valence-corrected chi connectivity index (χ4v) is 2.08. The number of thiazole rings is 1. The molecule has 1 amide bonds. The lowest BCUT2D eigenvalue weighted by molar-refractivity contribution is -0.121. The number of hydrogen-bond acceptors (Lipinski definition) is 6. The summed E-state index contributed by atoms with van der Waals surface area (Å²) in [6.07, 6.45) is -2.69. The minimum Gasteiger partial charge on any atom is -0.389 e. The van der Waals surface area contributed by atoms with Crippen LogP contribution in [0.3, 0.4) is 0 Å². The van der Waals surface area contributed by atoms with Crippen molar-refractivity contribution in [3.63, 3.8) is 0 Å². The highest BCUT2D eigenvalue weighted by molar-refractivity contribution is 7.15. The first-order valence-corrected chi connectivity index (χ1v) is 5.10. The number of rotatable bonds is 4. The van der Waals surface area contributed by atoms with Gasteiger partial charge in [-0.1, -0.05) is 11.3 Å². The number of carbonyl (C=O) groups excluding carboxylic acids is 1. The van der Waals surface area contributed by atoms with Crippen LogP contribution >= 0.6 is 11.3 Å². The number of aliphatic hydroxyl groups excluding tert-OH is 2. The topological polar surface area (TPSA) is 122 Å². The Balaban J connectivity index is 2.79. The van der Waals surface area contributed by atoms with Crippen molar-refractivity contribution >= 4 is 22.4 Å². The molecule has 7 heteroatoms. The molecule has 15 heavy (non-hydrogen) atoms. The fourth-order valence-electron chi connectivity index (χ4n) is 1.20. The van der Waals surface area contributed by atoms with E-state index in [2.05, 4.69) is 4.98 Å². The summed E-state index contributed by atoms with van der Waals surface area (Å²) in [4.78, 5) is 14.9. The Hall–Kier alpha value is -1.18. The molecule has 0 saturated carbocycles.